The number of nitrogens with zero attached hydrogens (tertiary/aromatic N) is 4. The number of ether oxygens (including phenoxy) is 1. The van der Waals surface area contributed by atoms with Gasteiger partial charge in [0, 0.05) is 31.9 Å². The second-order valence-electron chi connectivity index (χ2n) is 7.45. The number of rotatable bonds is 5. The first-order valence-corrected chi connectivity index (χ1v) is 10.5. The Bertz CT molecular complexity index is 1120. The molecule has 1 aliphatic rings. The fourth-order valence-corrected chi connectivity index (χ4v) is 3.80. The number of nitrogens with two attached hydrogens (primary N) is 1. The molecule has 4 rings (SSSR count). The Morgan fingerprint density at radius 2 is 1.67 bits per heavy atom. The van der Waals surface area contributed by atoms with E-state index in [1.807, 2.05) is 29.2 Å². The number of hydrogen-bond acceptors (Lipinski definition) is 7. The lowest BCUT2D eigenvalue weighted by atomic mass is 10.2. The van der Waals surface area contributed by atoms with Crippen molar-refractivity contribution in [1.29, 1.82) is 0 Å². The van der Waals surface area contributed by atoms with Crippen LogP contribution in [0.15, 0.2) is 48.8 Å². The first kappa shape index (κ1) is 22.8. The molecule has 2 aromatic carbocycles. The van der Waals surface area contributed by atoms with Crippen molar-refractivity contribution in [3.63, 3.8) is 0 Å². The van der Waals surface area contributed by atoms with Crippen molar-refractivity contribution in [3.8, 4) is 5.75 Å². The van der Waals surface area contributed by atoms with Gasteiger partial charge in [0.15, 0.2) is 11.6 Å². The van der Waals surface area contributed by atoms with Crippen molar-refractivity contribution in [2.24, 2.45) is 0 Å². The number of methoxy groups -OCH3 is 1. The number of piperazine rings is 1. The van der Waals surface area contributed by atoms with Gasteiger partial charge in [-0.15, -0.1) is 0 Å². The molecule has 174 valence electrons. The van der Waals surface area contributed by atoms with Gasteiger partial charge in [-0.2, -0.15) is 13.2 Å². The molecule has 3 aromatic rings. The Morgan fingerprint density at radius 1 is 1.00 bits per heavy atom. The largest absolute Gasteiger partial charge is 0.497 e. The Labute approximate surface area is 193 Å². The number of anilines is 5. The molecule has 0 unspecified atom stereocenters. The van der Waals surface area contributed by atoms with Crippen molar-refractivity contribution >= 4 is 40.3 Å². The third-order valence-corrected chi connectivity index (χ3v) is 5.76. The number of benzene rings is 2. The minimum Gasteiger partial charge on any atom is -0.497 e. The summed E-state index contributed by atoms with van der Waals surface area (Å²) in [6.07, 6.45) is -3.17. The maximum absolute atomic E-state index is 13.1. The molecular weight excluding hydrogens is 457 g/mol. The van der Waals surface area contributed by atoms with Crippen molar-refractivity contribution < 1.29 is 17.9 Å². The van der Waals surface area contributed by atoms with Gasteiger partial charge in [-0.25, -0.2) is 9.97 Å². The van der Waals surface area contributed by atoms with Crippen LogP contribution in [0.5, 0.6) is 5.75 Å². The molecule has 2 heterocycles. The zero-order chi connectivity index (χ0) is 23.6. The Balaban J connectivity index is 1.49. The molecule has 1 fully saturated rings. The lowest BCUT2D eigenvalue weighted by Gasteiger charge is -2.37. The predicted molar refractivity (Wildman–Crippen MR) is 124 cm³/mol. The molecular formula is C22H22ClF3N6O. The van der Waals surface area contributed by atoms with Crippen LogP contribution in [0.25, 0.3) is 0 Å². The van der Waals surface area contributed by atoms with E-state index in [0.717, 1.165) is 36.7 Å². The first-order valence-electron chi connectivity index (χ1n) is 10.1. The quantitative estimate of drug-likeness (QED) is 0.544. The molecule has 1 saturated heterocycles. The second-order valence-corrected chi connectivity index (χ2v) is 7.86. The highest BCUT2D eigenvalue weighted by atomic mass is 35.5. The fourth-order valence-electron chi connectivity index (χ4n) is 3.63. The summed E-state index contributed by atoms with van der Waals surface area (Å²) < 4.78 is 44.4. The summed E-state index contributed by atoms with van der Waals surface area (Å²) in [5, 5.41) is 2.94. The molecule has 0 radical (unpaired) electrons. The van der Waals surface area contributed by atoms with Crippen LogP contribution in [0.2, 0.25) is 5.02 Å². The molecule has 1 aliphatic heterocycles. The summed E-state index contributed by atoms with van der Waals surface area (Å²) in [7, 11) is 1.63. The summed E-state index contributed by atoms with van der Waals surface area (Å²) in [6, 6.07) is 10.9. The molecule has 0 amide bonds. The molecule has 0 saturated carbocycles. The Kier molecular flexibility index (Phi) is 6.37. The van der Waals surface area contributed by atoms with Crippen LogP contribution in [0.4, 0.5) is 41.9 Å². The average Bonchev–Trinajstić information content (AvgIpc) is 2.81. The van der Waals surface area contributed by atoms with Crippen LogP contribution in [-0.4, -0.2) is 43.3 Å². The van der Waals surface area contributed by atoms with Gasteiger partial charge in [0.25, 0.3) is 0 Å². The van der Waals surface area contributed by atoms with Gasteiger partial charge >= 0.3 is 6.18 Å². The van der Waals surface area contributed by atoms with Gasteiger partial charge in [-0.1, -0.05) is 11.6 Å². The number of nitrogens with one attached hydrogen (secondary N) is 1. The van der Waals surface area contributed by atoms with Crippen LogP contribution in [-0.2, 0) is 6.18 Å². The summed E-state index contributed by atoms with van der Waals surface area (Å²) >= 11 is 6.09. The van der Waals surface area contributed by atoms with Crippen molar-refractivity contribution in [1.82, 2.24) is 9.97 Å². The van der Waals surface area contributed by atoms with E-state index in [0.29, 0.717) is 18.9 Å². The number of halogens is 4. The van der Waals surface area contributed by atoms with Gasteiger partial charge in [-0.05, 0) is 42.5 Å². The van der Waals surface area contributed by atoms with Gasteiger partial charge in [-0.3, -0.25) is 0 Å². The molecule has 11 heteroatoms. The van der Waals surface area contributed by atoms with Crippen LogP contribution in [0.3, 0.4) is 0 Å². The third-order valence-electron chi connectivity index (χ3n) is 5.43. The zero-order valence-electron chi connectivity index (χ0n) is 17.7. The van der Waals surface area contributed by atoms with E-state index in [1.54, 1.807) is 7.11 Å². The number of alkyl halides is 3. The van der Waals surface area contributed by atoms with E-state index < -0.39 is 11.7 Å². The maximum Gasteiger partial charge on any atom is 0.416 e. The SMILES string of the molecule is COc1ccc(N2CCN(c3ncnc(Nc4cc(C(F)(F)F)ccc4Cl)c3N)CC2)cc1. The molecule has 1 aromatic heterocycles. The minimum absolute atomic E-state index is 0.0622. The lowest BCUT2D eigenvalue weighted by Crippen LogP contribution is -2.47. The van der Waals surface area contributed by atoms with E-state index in [-0.39, 0.29) is 22.2 Å². The highest BCUT2D eigenvalue weighted by Crippen LogP contribution is 2.36. The summed E-state index contributed by atoms with van der Waals surface area (Å²) in [6.45, 7) is 2.82. The standard InChI is InChI=1S/C22H22ClF3N6O/c1-33-16-5-3-15(4-6-16)31-8-10-32(11-9-31)21-19(27)20(28-13-29-21)30-18-12-14(22(24,25)26)2-7-17(18)23/h2-7,12-13H,8-11,27H2,1H3,(H,28,29,30). The first-order chi connectivity index (χ1) is 15.8. The predicted octanol–water partition coefficient (Wildman–Crippen LogP) is 4.81. The van der Waals surface area contributed by atoms with Gasteiger partial charge in [0.1, 0.15) is 17.8 Å². The lowest BCUT2D eigenvalue weighted by molar-refractivity contribution is -0.137. The van der Waals surface area contributed by atoms with Gasteiger partial charge in [0.2, 0.25) is 0 Å². The van der Waals surface area contributed by atoms with Gasteiger partial charge in [0.05, 0.1) is 23.4 Å². The number of aromatic nitrogens is 2. The summed E-state index contributed by atoms with van der Waals surface area (Å²) in [4.78, 5) is 12.7. The number of hydrogen-bond donors (Lipinski definition) is 2. The van der Waals surface area contributed by atoms with E-state index in [2.05, 4.69) is 20.2 Å². The van der Waals surface area contributed by atoms with Crippen molar-refractivity contribution in [3.05, 3.63) is 59.4 Å². The van der Waals surface area contributed by atoms with E-state index in [4.69, 9.17) is 22.1 Å². The van der Waals surface area contributed by atoms with Crippen molar-refractivity contribution in [2.45, 2.75) is 6.18 Å². The zero-order valence-corrected chi connectivity index (χ0v) is 18.5. The van der Waals surface area contributed by atoms with Crippen LogP contribution < -0.4 is 25.6 Å². The Hall–Kier alpha value is -3.40. The summed E-state index contributed by atoms with van der Waals surface area (Å²) in [5.41, 5.74) is 6.86. The third kappa shape index (κ3) is 5.00. The maximum atomic E-state index is 13.1. The minimum atomic E-state index is -4.49. The fraction of sp³-hybridized carbons (Fsp3) is 0.273. The van der Waals surface area contributed by atoms with Crippen LogP contribution >= 0.6 is 11.6 Å². The normalized spacial score (nSPS) is 14.3. The molecule has 0 bridgehead atoms. The molecule has 0 aliphatic carbocycles. The number of nitrogen functional groups attached to an aromatic ring is 1. The Morgan fingerprint density at radius 3 is 2.30 bits per heavy atom. The molecule has 0 atom stereocenters. The van der Waals surface area contributed by atoms with Crippen LogP contribution in [0, 0.1) is 0 Å². The smallest absolute Gasteiger partial charge is 0.416 e. The van der Waals surface area contributed by atoms with E-state index in [1.165, 1.54) is 12.4 Å². The monoisotopic (exact) mass is 478 g/mol. The summed E-state index contributed by atoms with van der Waals surface area (Å²) in [5.74, 6) is 1.51. The molecule has 0 spiro atoms. The molecule has 3 N–H and O–H groups in total. The van der Waals surface area contributed by atoms with Gasteiger partial charge < -0.3 is 25.6 Å². The van der Waals surface area contributed by atoms with Crippen LogP contribution in [0.1, 0.15) is 5.56 Å². The van der Waals surface area contributed by atoms with E-state index in [9.17, 15) is 13.2 Å². The van der Waals surface area contributed by atoms with E-state index >= 15 is 0 Å². The topological polar surface area (TPSA) is 79.5 Å². The van der Waals surface area contributed by atoms with Crippen molar-refractivity contribution in [2.75, 3.05) is 54.1 Å². The molecule has 33 heavy (non-hydrogen) atoms. The second kappa shape index (κ2) is 9.22. The highest BCUT2D eigenvalue weighted by molar-refractivity contribution is 6.33. The highest BCUT2D eigenvalue weighted by Gasteiger charge is 2.31. The average molecular weight is 479 g/mol. The molecule has 7 nitrogen and oxygen atoms in total.